The van der Waals surface area contributed by atoms with E-state index in [2.05, 4.69) is 5.16 Å². The molecule has 0 radical (unpaired) electrons. The van der Waals surface area contributed by atoms with E-state index in [9.17, 15) is 14.7 Å². The number of aromatic carboxylic acids is 1. The zero-order valence-electron chi connectivity index (χ0n) is 14.3. The standard InChI is InChI=1S/C17H20N2O6/c1-17(2,3)25-19(11-20)9-10-23-15-13(16(21)22)14(24-18-15)12-7-5-4-6-8-12/h4-8,11H,9-10H2,1-3H3,(H,21,22). The molecule has 1 heterocycles. The van der Waals surface area contributed by atoms with Gasteiger partial charge in [0.25, 0.3) is 5.88 Å². The van der Waals surface area contributed by atoms with Gasteiger partial charge in [0.15, 0.2) is 11.3 Å². The van der Waals surface area contributed by atoms with Crippen LogP contribution in [0.25, 0.3) is 11.3 Å². The third kappa shape index (κ3) is 5.05. The van der Waals surface area contributed by atoms with Crippen molar-refractivity contribution in [3.63, 3.8) is 0 Å². The van der Waals surface area contributed by atoms with Crippen LogP contribution in [-0.4, -0.2) is 46.5 Å². The molecule has 0 atom stereocenters. The van der Waals surface area contributed by atoms with Crippen LogP contribution in [-0.2, 0) is 9.63 Å². The second-order valence-electron chi connectivity index (χ2n) is 6.16. The van der Waals surface area contributed by atoms with Gasteiger partial charge in [-0.15, -0.1) is 0 Å². The van der Waals surface area contributed by atoms with Crippen LogP contribution in [0.3, 0.4) is 0 Å². The maximum absolute atomic E-state index is 11.5. The molecule has 25 heavy (non-hydrogen) atoms. The number of carbonyl (C=O) groups is 2. The van der Waals surface area contributed by atoms with Crippen molar-refractivity contribution in [3.05, 3.63) is 35.9 Å². The average molecular weight is 348 g/mol. The zero-order chi connectivity index (χ0) is 18.4. The highest BCUT2D eigenvalue weighted by molar-refractivity contribution is 5.96. The summed E-state index contributed by atoms with van der Waals surface area (Å²) < 4.78 is 10.5. The number of rotatable bonds is 8. The summed E-state index contributed by atoms with van der Waals surface area (Å²) in [5.41, 5.74) is -0.130. The van der Waals surface area contributed by atoms with Gasteiger partial charge >= 0.3 is 5.97 Å². The molecule has 0 fully saturated rings. The smallest absolute Gasteiger partial charge is 0.345 e. The molecule has 0 aliphatic heterocycles. The van der Waals surface area contributed by atoms with Gasteiger partial charge in [-0.3, -0.25) is 9.63 Å². The van der Waals surface area contributed by atoms with Crippen molar-refractivity contribution >= 4 is 12.4 Å². The van der Waals surface area contributed by atoms with Crippen LogP contribution < -0.4 is 4.74 Å². The number of carboxylic acid groups (broad SMARTS) is 1. The molecule has 0 unspecified atom stereocenters. The van der Waals surface area contributed by atoms with Crippen LogP contribution in [0.15, 0.2) is 34.9 Å². The minimum absolute atomic E-state index is 0.00410. The number of benzene rings is 1. The quantitative estimate of drug-likeness (QED) is 0.578. The minimum Gasteiger partial charge on any atom is -0.477 e. The third-order valence-corrected chi connectivity index (χ3v) is 2.97. The van der Waals surface area contributed by atoms with Crippen molar-refractivity contribution in [2.75, 3.05) is 13.2 Å². The first kappa shape index (κ1) is 18.5. The summed E-state index contributed by atoms with van der Waals surface area (Å²) in [6, 6.07) is 8.75. The van der Waals surface area contributed by atoms with Gasteiger partial charge < -0.3 is 14.4 Å². The molecule has 1 amide bonds. The first-order valence-electron chi connectivity index (χ1n) is 7.64. The fraction of sp³-hybridized carbons (Fsp3) is 0.353. The number of ether oxygens (including phenoxy) is 1. The Kier molecular flexibility index (Phi) is 5.76. The second kappa shape index (κ2) is 7.80. The summed E-state index contributed by atoms with van der Waals surface area (Å²) in [5, 5.41) is 14.2. The Labute approximate surface area is 144 Å². The van der Waals surface area contributed by atoms with E-state index in [1.54, 1.807) is 51.1 Å². The molecule has 0 aliphatic rings. The van der Waals surface area contributed by atoms with E-state index >= 15 is 0 Å². The number of carboxylic acids is 1. The zero-order valence-corrected chi connectivity index (χ0v) is 14.3. The number of amides is 1. The molecule has 0 spiro atoms. The van der Waals surface area contributed by atoms with E-state index in [0.717, 1.165) is 5.06 Å². The molecule has 2 aromatic rings. The highest BCUT2D eigenvalue weighted by Crippen LogP contribution is 2.30. The van der Waals surface area contributed by atoms with Crippen LogP contribution in [0.5, 0.6) is 5.88 Å². The lowest BCUT2D eigenvalue weighted by atomic mass is 10.1. The number of hydrogen-bond donors (Lipinski definition) is 1. The first-order chi connectivity index (χ1) is 11.8. The summed E-state index contributed by atoms with van der Waals surface area (Å²) in [6.07, 6.45) is 0.533. The molecule has 8 nitrogen and oxygen atoms in total. The number of hydrogen-bond acceptors (Lipinski definition) is 6. The highest BCUT2D eigenvalue weighted by atomic mass is 16.7. The third-order valence-electron chi connectivity index (χ3n) is 2.97. The lowest BCUT2D eigenvalue weighted by molar-refractivity contribution is -0.217. The largest absolute Gasteiger partial charge is 0.477 e. The van der Waals surface area contributed by atoms with E-state index in [0.29, 0.717) is 12.0 Å². The predicted octanol–water partition coefficient (Wildman–Crippen LogP) is 2.61. The van der Waals surface area contributed by atoms with Crippen LogP contribution >= 0.6 is 0 Å². The Morgan fingerprint density at radius 1 is 1.32 bits per heavy atom. The molecule has 2 rings (SSSR count). The fourth-order valence-corrected chi connectivity index (χ4v) is 2.05. The number of nitrogens with zero attached hydrogens (tertiary/aromatic N) is 2. The molecule has 1 aromatic heterocycles. The molecule has 8 heteroatoms. The summed E-state index contributed by atoms with van der Waals surface area (Å²) >= 11 is 0. The predicted molar refractivity (Wildman–Crippen MR) is 88.0 cm³/mol. The molecule has 0 saturated heterocycles. The van der Waals surface area contributed by atoms with Gasteiger partial charge in [0, 0.05) is 5.56 Å². The monoisotopic (exact) mass is 348 g/mol. The van der Waals surface area contributed by atoms with Gasteiger partial charge in [0.05, 0.1) is 12.1 Å². The maximum Gasteiger partial charge on any atom is 0.345 e. The maximum atomic E-state index is 11.5. The van der Waals surface area contributed by atoms with Crippen molar-refractivity contribution < 1.29 is 28.8 Å². The summed E-state index contributed by atoms with van der Waals surface area (Å²) in [7, 11) is 0. The fourth-order valence-electron chi connectivity index (χ4n) is 2.05. The van der Waals surface area contributed by atoms with Gasteiger partial charge in [0.1, 0.15) is 6.61 Å². The van der Waals surface area contributed by atoms with Crippen molar-refractivity contribution in [2.24, 2.45) is 0 Å². The molecule has 1 aromatic carbocycles. The minimum atomic E-state index is -1.21. The highest BCUT2D eigenvalue weighted by Gasteiger charge is 2.25. The first-order valence-corrected chi connectivity index (χ1v) is 7.64. The van der Waals surface area contributed by atoms with Gasteiger partial charge in [-0.05, 0) is 25.9 Å². The van der Waals surface area contributed by atoms with Crippen LogP contribution in [0, 0.1) is 0 Å². The molecule has 0 bridgehead atoms. The number of carbonyl (C=O) groups excluding carboxylic acids is 1. The Bertz CT molecular complexity index is 720. The lowest BCUT2D eigenvalue weighted by Gasteiger charge is -2.26. The SMILES string of the molecule is CC(C)(C)ON(C=O)CCOc1noc(-c2ccccc2)c1C(=O)O. The summed E-state index contributed by atoms with van der Waals surface area (Å²) in [5.74, 6) is -1.25. The van der Waals surface area contributed by atoms with Gasteiger partial charge in [-0.1, -0.05) is 30.3 Å². The molecule has 134 valence electrons. The summed E-state index contributed by atoms with van der Waals surface area (Å²) in [6.45, 7) is 5.51. The van der Waals surface area contributed by atoms with E-state index in [-0.39, 0.29) is 30.4 Å². The van der Waals surface area contributed by atoms with E-state index < -0.39 is 11.6 Å². The van der Waals surface area contributed by atoms with Crippen molar-refractivity contribution in [3.8, 4) is 17.2 Å². The molecular weight excluding hydrogens is 328 g/mol. The van der Waals surface area contributed by atoms with Gasteiger partial charge in [0.2, 0.25) is 6.41 Å². The Balaban J connectivity index is 2.09. The van der Waals surface area contributed by atoms with Crippen molar-refractivity contribution in [1.29, 1.82) is 0 Å². The van der Waals surface area contributed by atoms with E-state index in [4.69, 9.17) is 14.1 Å². The van der Waals surface area contributed by atoms with Crippen molar-refractivity contribution in [2.45, 2.75) is 26.4 Å². The van der Waals surface area contributed by atoms with Gasteiger partial charge in [-0.2, -0.15) is 0 Å². The average Bonchev–Trinajstić information content (AvgIpc) is 2.97. The van der Waals surface area contributed by atoms with E-state index in [1.807, 2.05) is 0 Å². The summed E-state index contributed by atoms with van der Waals surface area (Å²) in [4.78, 5) is 28.0. The van der Waals surface area contributed by atoms with E-state index in [1.165, 1.54) is 0 Å². The Morgan fingerprint density at radius 3 is 2.56 bits per heavy atom. The van der Waals surface area contributed by atoms with Gasteiger partial charge in [-0.25, -0.2) is 9.86 Å². The van der Waals surface area contributed by atoms with Crippen LogP contribution in [0.2, 0.25) is 0 Å². The van der Waals surface area contributed by atoms with Crippen LogP contribution in [0.4, 0.5) is 0 Å². The van der Waals surface area contributed by atoms with Crippen molar-refractivity contribution in [1.82, 2.24) is 10.2 Å². The molecular formula is C17H20N2O6. The molecule has 0 saturated carbocycles. The lowest BCUT2D eigenvalue weighted by Crippen LogP contribution is -2.35. The normalized spacial score (nSPS) is 11.2. The Morgan fingerprint density at radius 2 is 2.00 bits per heavy atom. The van der Waals surface area contributed by atoms with Crippen LogP contribution in [0.1, 0.15) is 31.1 Å². The Hall–Kier alpha value is -2.87. The number of aromatic nitrogens is 1. The second-order valence-corrected chi connectivity index (χ2v) is 6.16. The topological polar surface area (TPSA) is 102 Å². The molecule has 0 aliphatic carbocycles. The number of hydroxylamine groups is 2. The molecule has 1 N–H and O–H groups in total.